The summed E-state index contributed by atoms with van der Waals surface area (Å²) >= 11 is 0. The molecule has 3 rings (SSSR count). The van der Waals surface area contributed by atoms with Crippen molar-refractivity contribution in [1.82, 2.24) is 20.4 Å². The van der Waals surface area contributed by atoms with Gasteiger partial charge >= 0.3 is 0 Å². The van der Waals surface area contributed by atoms with Gasteiger partial charge in [-0.3, -0.25) is 4.79 Å². The van der Waals surface area contributed by atoms with Crippen LogP contribution in [0.5, 0.6) is 0 Å². The van der Waals surface area contributed by atoms with E-state index in [0.717, 1.165) is 43.5 Å². The van der Waals surface area contributed by atoms with Crippen LogP contribution in [0.2, 0.25) is 0 Å². The van der Waals surface area contributed by atoms with E-state index in [1.54, 1.807) is 0 Å². The number of nitrogens with one attached hydrogen (secondary N) is 2. The summed E-state index contributed by atoms with van der Waals surface area (Å²) in [7, 11) is 0. The first kappa shape index (κ1) is 20.5. The number of halogens is 1. The lowest BCUT2D eigenvalue weighted by Gasteiger charge is -2.15. The number of nitrogens with zero attached hydrogens (tertiary/aromatic N) is 2. The van der Waals surface area contributed by atoms with E-state index in [4.69, 9.17) is 5.10 Å². The van der Waals surface area contributed by atoms with Gasteiger partial charge in [0.25, 0.3) is 5.91 Å². The second-order valence-electron chi connectivity index (χ2n) is 6.90. The highest BCUT2D eigenvalue weighted by atomic mass is 35.5. The quantitative estimate of drug-likeness (QED) is 0.813. The van der Waals surface area contributed by atoms with Gasteiger partial charge in [0, 0.05) is 23.8 Å². The highest BCUT2D eigenvalue weighted by Gasteiger charge is 2.25. The molecule has 142 valence electrons. The van der Waals surface area contributed by atoms with Crippen LogP contribution in [0, 0.1) is 6.92 Å². The Kier molecular flexibility index (Phi) is 7.23. The normalized spacial score (nSPS) is 14.3. The molecule has 0 aliphatic heterocycles. The summed E-state index contributed by atoms with van der Waals surface area (Å²) in [5.41, 5.74) is 5.17. The number of aromatic nitrogens is 2. The molecule has 0 bridgehead atoms. The zero-order chi connectivity index (χ0) is 17.8. The smallest absolute Gasteiger partial charge is 0.272 e. The molecule has 1 aromatic heterocycles. The third kappa shape index (κ3) is 4.46. The molecule has 26 heavy (non-hydrogen) atoms. The molecule has 2 N–H and O–H groups in total. The molecule has 0 radical (unpaired) electrons. The van der Waals surface area contributed by atoms with Crippen molar-refractivity contribution in [3.63, 3.8) is 0 Å². The van der Waals surface area contributed by atoms with Gasteiger partial charge in [-0.25, -0.2) is 4.68 Å². The number of fused-ring (bicyclic) bond motifs is 1. The molecule has 6 heteroatoms. The summed E-state index contributed by atoms with van der Waals surface area (Å²) in [5, 5.41) is 11.0. The van der Waals surface area contributed by atoms with Gasteiger partial charge in [-0.2, -0.15) is 5.10 Å². The van der Waals surface area contributed by atoms with Crippen molar-refractivity contribution < 1.29 is 4.79 Å². The average molecular weight is 377 g/mol. The molecule has 1 aromatic carbocycles. The van der Waals surface area contributed by atoms with Crippen molar-refractivity contribution in [2.24, 2.45) is 0 Å². The highest BCUT2D eigenvalue weighted by Crippen LogP contribution is 2.27. The molecule has 0 saturated heterocycles. The average Bonchev–Trinajstić information content (AvgIpc) is 3.00. The van der Waals surface area contributed by atoms with E-state index in [0.29, 0.717) is 12.2 Å². The number of likely N-dealkylation sites (N-methyl/N-ethyl adjacent to an activating group) is 1. The van der Waals surface area contributed by atoms with Crippen LogP contribution in [0.4, 0.5) is 0 Å². The second-order valence-corrected chi connectivity index (χ2v) is 6.90. The van der Waals surface area contributed by atoms with Crippen molar-refractivity contribution in [3.8, 4) is 5.69 Å². The minimum atomic E-state index is -0.0613. The summed E-state index contributed by atoms with van der Waals surface area (Å²) in [6.45, 7) is 7.72. The molecule has 5 nitrogen and oxygen atoms in total. The summed E-state index contributed by atoms with van der Waals surface area (Å²) in [4.78, 5) is 12.7. The Morgan fingerprint density at radius 1 is 1.23 bits per heavy atom. The van der Waals surface area contributed by atoms with Gasteiger partial charge in [0.1, 0.15) is 0 Å². The maximum Gasteiger partial charge on any atom is 0.272 e. The Hall–Kier alpha value is -1.85. The Balaban J connectivity index is 0.00000243. The molecule has 0 saturated carbocycles. The number of rotatable bonds is 6. The van der Waals surface area contributed by atoms with Gasteiger partial charge in [0.15, 0.2) is 5.69 Å². The first-order chi connectivity index (χ1) is 12.1. The summed E-state index contributed by atoms with van der Waals surface area (Å²) < 4.78 is 1.97. The van der Waals surface area contributed by atoms with Crippen LogP contribution < -0.4 is 10.6 Å². The Morgan fingerprint density at radius 2 is 1.92 bits per heavy atom. The highest BCUT2D eigenvalue weighted by molar-refractivity contribution is 5.94. The minimum Gasteiger partial charge on any atom is -0.349 e. The van der Waals surface area contributed by atoms with Crippen molar-refractivity contribution >= 4 is 18.3 Å². The lowest BCUT2D eigenvalue weighted by molar-refractivity contribution is 0.0944. The van der Waals surface area contributed by atoms with E-state index in [-0.39, 0.29) is 24.4 Å². The monoisotopic (exact) mass is 376 g/mol. The minimum absolute atomic E-state index is 0. The first-order valence-corrected chi connectivity index (χ1v) is 9.29. The van der Waals surface area contributed by atoms with Crippen LogP contribution in [-0.2, 0) is 12.8 Å². The van der Waals surface area contributed by atoms with E-state index >= 15 is 0 Å². The van der Waals surface area contributed by atoms with Gasteiger partial charge in [0.05, 0.1) is 5.69 Å². The number of benzene rings is 1. The van der Waals surface area contributed by atoms with Gasteiger partial charge < -0.3 is 10.6 Å². The molecular weight excluding hydrogens is 348 g/mol. The van der Waals surface area contributed by atoms with Crippen LogP contribution in [0.25, 0.3) is 5.69 Å². The summed E-state index contributed by atoms with van der Waals surface area (Å²) in [6.07, 6.45) is 4.20. The van der Waals surface area contributed by atoms with Crippen molar-refractivity contribution in [3.05, 3.63) is 46.8 Å². The molecule has 0 unspecified atom stereocenters. The topological polar surface area (TPSA) is 58.9 Å². The maximum atomic E-state index is 12.7. The molecule has 0 spiro atoms. The van der Waals surface area contributed by atoms with Crippen molar-refractivity contribution in [2.45, 2.75) is 52.5 Å². The fraction of sp³-hybridized carbons (Fsp3) is 0.500. The van der Waals surface area contributed by atoms with E-state index in [9.17, 15) is 4.79 Å². The lowest BCUT2D eigenvalue weighted by Crippen LogP contribution is -2.39. The standard InChI is InChI=1S/C20H28N4O.ClH/c1-4-21-15(3)13-22-20(25)19-17-7-5-6-8-18(17)24(23-19)16-11-9-14(2)10-12-16;/h9-12,15,21H,4-8,13H2,1-3H3,(H,22,25);1H/t15-;/m1./s1. The van der Waals surface area contributed by atoms with Gasteiger partial charge in [0.2, 0.25) is 0 Å². The van der Waals surface area contributed by atoms with Gasteiger partial charge in [-0.15, -0.1) is 12.4 Å². The van der Waals surface area contributed by atoms with E-state index in [1.807, 2.05) is 4.68 Å². The molecule has 1 aliphatic carbocycles. The molecule has 2 aromatic rings. The largest absolute Gasteiger partial charge is 0.349 e. The van der Waals surface area contributed by atoms with Crippen LogP contribution in [0.15, 0.2) is 24.3 Å². The number of amides is 1. The van der Waals surface area contributed by atoms with Gasteiger partial charge in [-0.1, -0.05) is 24.6 Å². The number of carbonyl (C=O) groups excluding carboxylic acids is 1. The number of aryl methyl sites for hydroxylation is 1. The van der Waals surface area contributed by atoms with Crippen LogP contribution in [-0.4, -0.2) is 34.8 Å². The van der Waals surface area contributed by atoms with Gasteiger partial charge in [-0.05, 0) is 58.2 Å². The lowest BCUT2D eigenvalue weighted by atomic mass is 9.95. The molecule has 0 fully saturated rings. The van der Waals surface area contributed by atoms with Crippen LogP contribution in [0.3, 0.4) is 0 Å². The molecular formula is C20H29ClN4O. The Labute approximate surface area is 162 Å². The fourth-order valence-corrected chi connectivity index (χ4v) is 3.43. The fourth-order valence-electron chi connectivity index (χ4n) is 3.43. The molecule has 1 heterocycles. The summed E-state index contributed by atoms with van der Waals surface area (Å²) in [5.74, 6) is -0.0613. The van der Waals surface area contributed by atoms with E-state index in [1.165, 1.54) is 11.3 Å². The predicted octanol–water partition coefficient (Wildman–Crippen LogP) is 3.21. The number of carbonyl (C=O) groups is 1. The Bertz CT molecular complexity index is 739. The zero-order valence-corrected chi connectivity index (χ0v) is 16.7. The third-order valence-electron chi connectivity index (χ3n) is 4.80. The van der Waals surface area contributed by atoms with Crippen LogP contribution >= 0.6 is 12.4 Å². The first-order valence-electron chi connectivity index (χ1n) is 9.29. The molecule has 1 atom stereocenters. The van der Waals surface area contributed by atoms with E-state index in [2.05, 4.69) is 55.7 Å². The molecule has 1 aliphatic rings. The third-order valence-corrected chi connectivity index (χ3v) is 4.80. The molecule has 1 amide bonds. The Morgan fingerprint density at radius 3 is 2.62 bits per heavy atom. The number of hydrogen-bond acceptors (Lipinski definition) is 3. The zero-order valence-electron chi connectivity index (χ0n) is 15.8. The summed E-state index contributed by atoms with van der Waals surface area (Å²) in [6, 6.07) is 8.58. The van der Waals surface area contributed by atoms with Crippen molar-refractivity contribution in [1.29, 1.82) is 0 Å². The van der Waals surface area contributed by atoms with Crippen molar-refractivity contribution in [2.75, 3.05) is 13.1 Å². The predicted molar refractivity (Wildman–Crippen MR) is 108 cm³/mol. The maximum absolute atomic E-state index is 12.7. The number of hydrogen-bond donors (Lipinski definition) is 2. The SMILES string of the molecule is CCN[C@H](C)CNC(=O)c1nn(-c2ccc(C)cc2)c2c1CCCC2.Cl. The second kappa shape index (κ2) is 9.19. The van der Waals surface area contributed by atoms with E-state index < -0.39 is 0 Å². The van der Waals surface area contributed by atoms with Crippen LogP contribution in [0.1, 0.15) is 54.0 Å².